The van der Waals surface area contributed by atoms with Crippen molar-refractivity contribution >= 4 is 17.3 Å². The van der Waals surface area contributed by atoms with Crippen molar-refractivity contribution in [3.63, 3.8) is 0 Å². The van der Waals surface area contributed by atoms with E-state index in [-0.39, 0.29) is 21.8 Å². The molecule has 0 unspecified atom stereocenters. The summed E-state index contributed by atoms with van der Waals surface area (Å²) in [5.41, 5.74) is -0.207. The van der Waals surface area contributed by atoms with E-state index in [1.54, 1.807) is 0 Å². The first kappa shape index (κ1) is 11.7. The lowest BCUT2D eigenvalue weighted by atomic mass is 10.1. The Balaban J connectivity index is 2.60. The molecule has 0 radical (unpaired) electrons. The summed E-state index contributed by atoms with van der Waals surface area (Å²) in [5, 5.41) is 9.97. The van der Waals surface area contributed by atoms with Gasteiger partial charge in [0.15, 0.2) is 5.69 Å². The number of thiazole rings is 1. The first-order valence-electron chi connectivity index (χ1n) is 4.64. The van der Waals surface area contributed by atoms with Gasteiger partial charge >= 0.3 is 5.97 Å². The van der Waals surface area contributed by atoms with Crippen molar-refractivity contribution < 1.29 is 18.7 Å². The van der Waals surface area contributed by atoms with Crippen LogP contribution < -0.4 is 0 Å². The Labute approximate surface area is 99.4 Å². The zero-order valence-corrected chi connectivity index (χ0v) is 9.52. The summed E-state index contributed by atoms with van der Waals surface area (Å²) >= 11 is 0.896. The number of hydrogen-bond acceptors (Lipinski definition) is 3. The van der Waals surface area contributed by atoms with Crippen LogP contribution in [0.1, 0.15) is 16.1 Å². The van der Waals surface area contributed by atoms with Gasteiger partial charge in [0, 0.05) is 5.38 Å². The summed E-state index contributed by atoms with van der Waals surface area (Å²) in [6.45, 7) is 1.50. The fourth-order valence-corrected chi connectivity index (χ4v) is 2.17. The minimum atomic E-state index is -1.22. The van der Waals surface area contributed by atoms with E-state index in [1.165, 1.54) is 18.4 Å². The second kappa shape index (κ2) is 4.21. The molecule has 0 amide bonds. The number of aryl methyl sites for hydroxylation is 1. The lowest BCUT2D eigenvalue weighted by molar-refractivity contribution is 0.0691. The third-order valence-corrected chi connectivity index (χ3v) is 3.08. The van der Waals surface area contributed by atoms with Crippen LogP contribution in [0.2, 0.25) is 0 Å². The molecule has 0 spiro atoms. The van der Waals surface area contributed by atoms with E-state index in [1.807, 2.05) is 0 Å². The number of rotatable bonds is 2. The van der Waals surface area contributed by atoms with Crippen LogP contribution in [0, 0.1) is 18.6 Å². The summed E-state index contributed by atoms with van der Waals surface area (Å²) < 4.78 is 27.2. The first-order chi connectivity index (χ1) is 8.00. The molecule has 0 atom stereocenters. The molecule has 2 aromatic rings. The van der Waals surface area contributed by atoms with Crippen LogP contribution in [0.5, 0.6) is 0 Å². The summed E-state index contributed by atoms with van der Waals surface area (Å²) in [6.07, 6.45) is 0. The van der Waals surface area contributed by atoms with Crippen molar-refractivity contribution in [1.82, 2.24) is 4.98 Å². The maximum atomic E-state index is 13.7. The van der Waals surface area contributed by atoms with Crippen molar-refractivity contribution in [2.24, 2.45) is 0 Å². The van der Waals surface area contributed by atoms with E-state index >= 15 is 0 Å². The largest absolute Gasteiger partial charge is 0.476 e. The van der Waals surface area contributed by atoms with Gasteiger partial charge in [-0.3, -0.25) is 0 Å². The molecule has 0 aliphatic carbocycles. The molecular weight excluding hydrogens is 248 g/mol. The SMILES string of the molecule is Cc1ccc(F)c(-c2nc(C(=O)O)cs2)c1F. The van der Waals surface area contributed by atoms with Crippen molar-refractivity contribution in [3.8, 4) is 10.6 Å². The summed E-state index contributed by atoms with van der Waals surface area (Å²) in [4.78, 5) is 14.3. The quantitative estimate of drug-likeness (QED) is 0.897. The number of aromatic carboxylic acids is 1. The molecule has 0 fully saturated rings. The number of benzene rings is 1. The van der Waals surface area contributed by atoms with Crippen molar-refractivity contribution in [2.75, 3.05) is 0 Å². The minimum Gasteiger partial charge on any atom is -0.476 e. The van der Waals surface area contributed by atoms with E-state index in [4.69, 9.17) is 5.11 Å². The molecule has 3 nitrogen and oxygen atoms in total. The molecule has 0 bridgehead atoms. The Morgan fingerprint density at radius 1 is 1.41 bits per heavy atom. The average Bonchev–Trinajstić information content (AvgIpc) is 2.73. The molecule has 1 aromatic carbocycles. The van der Waals surface area contributed by atoms with Crippen molar-refractivity contribution in [3.05, 3.63) is 40.4 Å². The van der Waals surface area contributed by atoms with E-state index < -0.39 is 17.6 Å². The average molecular weight is 255 g/mol. The van der Waals surface area contributed by atoms with Gasteiger partial charge < -0.3 is 5.11 Å². The van der Waals surface area contributed by atoms with E-state index in [0.717, 1.165) is 17.4 Å². The van der Waals surface area contributed by atoms with Crippen LogP contribution >= 0.6 is 11.3 Å². The predicted molar refractivity (Wildman–Crippen MR) is 59.2 cm³/mol. The van der Waals surface area contributed by atoms with Gasteiger partial charge in [0.25, 0.3) is 0 Å². The Kier molecular flexibility index (Phi) is 2.89. The molecule has 6 heteroatoms. The van der Waals surface area contributed by atoms with Gasteiger partial charge in [-0.1, -0.05) is 6.07 Å². The van der Waals surface area contributed by atoms with Gasteiger partial charge in [-0.25, -0.2) is 18.6 Å². The van der Waals surface area contributed by atoms with Crippen LogP contribution in [0.25, 0.3) is 10.6 Å². The van der Waals surface area contributed by atoms with E-state index in [0.29, 0.717) is 0 Å². The third kappa shape index (κ3) is 2.03. The fraction of sp³-hybridized carbons (Fsp3) is 0.0909. The standard InChI is InChI=1S/C11H7F2NO2S/c1-5-2-3-6(12)8(9(5)13)10-14-7(4-17-10)11(15)16/h2-4H,1H3,(H,15,16). The number of aromatic nitrogens is 1. The van der Waals surface area contributed by atoms with Crippen LogP contribution in [-0.4, -0.2) is 16.1 Å². The molecule has 0 aliphatic heterocycles. The lowest BCUT2D eigenvalue weighted by Gasteiger charge is -2.03. The maximum absolute atomic E-state index is 13.7. The first-order valence-corrected chi connectivity index (χ1v) is 5.52. The Bertz CT molecular complexity index is 595. The molecule has 17 heavy (non-hydrogen) atoms. The Hall–Kier alpha value is -1.82. The summed E-state index contributed by atoms with van der Waals surface area (Å²) in [5.74, 6) is -2.68. The number of hydrogen-bond donors (Lipinski definition) is 1. The van der Waals surface area contributed by atoms with Gasteiger partial charge in [0.2, 0.25) is 0 Å². The van der Waals surface area contributed by atoms with Gasteiger partial charge in [-0.15, -0.1) is 11.3 Å². The van der Waals surface area contributed by atoms with Crippen LogP contribution in [0.4, 0.5) is 8.78 Å². The van der Waals surface area contributed by atoms with Crippen molar-refractivity contribution in [1.29, 1.82) is 0 Å². The summed E-state index contributed by atoms with van der Waals surface area (Å²) in [7, 11) is 0. The summed E-state index contributed by atoms with van der Waals surface area (Å²) in [6, 6.07) is 2.45. The van der Waals surface area contributed by atoms with Gasteiger partial charge in [-0.05, 0) is 18.6 Å². The Morgan fingerprint density at radius 2 is 2.12 bits per heavy atom. The van der Waals surface area contributed by atoms with Crippen LogP contribution in [0.3, 0.4) is 0 Å². The molecule has 1 aromatic heterocycles. The topological polar surface area (TPSA) is 50.2 Å². The molecule has 2 rings (SSSR count). The Morgan fingerprint density at radius 3 is 2.71 bits per heavy atom. The van der Waals surface area contributed by atoms with E-state index in [2.05, 4.69) is 4.98 Å². The van der Waals surface area contributed by atoms with Gasteiger partial charge in [-0.2, -0.15) is 0 Å². The van der Waals surface area contributed by atoms with Crippen molar-refractivity contribution in [2.45, 2.75) is 6.92 Å². The monoisotopic (exact) mass is 255 g/mol. The number of carboxylic acids is 1. The second-order valence-corrected chi connectivity index (χ2v) is 4.25. The smallest absolute Gasteiger partial charge is 0.355 e. The fourth-order valence-electron chi connectivity index (χ4n) is 1.34. The number of carbonyl (C=O) groups is 1. The maximum Gasteiger partial charge on any atom is 0.355 e. The normalized spacial score (nSPS) is 10.5. The highest BCUT2D eigenvalue weighted by Gasteiger charge is 2.18. The highest BCUT2D eigenvalue weighted by molar-refractivity contribution is 7.13. The zero-order valence-electron chi connectivity index (χ0n) is 8.70. The lowest BCUT2D eigenvalue weighted by Crippen LogP contribution is -1.97. The second-order valence-electron chi connectivity index (χ2n) is 3.40. The van der Waals surface area contributed by atoms with Crippen LogP contribution in [-0.2, 0) is 0 Å². The van der Waals surface area contributed by atoms with Crippen LogP contribution in [0.15, 0.2) is 17.5 Å². The number of carboxylic acid groups (broad SMARTS) is 1. The molecule has 88 valence electrons. The van der Waals surface area contributed by atoms with E-state index in [9.17, 15) is 13.6 Å². The third-order valence-electron chi connectivity index (χ3n) is 2.22. The molecule has 0 saturated heterocycles. The predicted octanol–water partition coefficient (Wildman–Crippen LogP) is 3.09. The molecule has 0 aliphatic rings. The number of halogens is 2. The number of nitrogens with zero attached hydrogens (tertiary/aromatic N) is 1. The van der Waals surface area contributed by atoms with Gasteiger partial charge in [0.1, 0.15) is 16.6 Å². The molecule has 0 saturated carbocycles. The van der Waals surface area contributed by atoms with Gasteiger partial charge in [0.05, 0.1) is 5.56 Å². The highest BCUT2D eigenvalue weighted by Crippen LogP contribution is 2.30. The molecule has 1 heterocycles. The molecular formula is C11H7F2NO2S. The molecule has 1 N–H and O–H groups in total. The zero-order chi connectivity index (χ0) is 12.6. The highest BCUT2D eigenvalue weighted by atomic mass is 32.1. The minimum absolute atomic E-state index is 0.0288.